The van der Waals surface area contributed by atoms with Crippen molar-refractivity contribution < 1.29 is 19.8 Å². The molecule has 3 N–H and O–H groups in total. The quantitative estimate of drug-likeness (QED) is 0.653. The van der Waals surface area contributed by atoms with Gasteiger partial charge in [0.2, 0.25) is 0 Å². The molecule has 98 valence electrons. The summed E-state index contributed by atoms with van der Waals surface area (Å²) in [4.78, 5) is 24.4. The van der Waals surface area contributed by atoms with Crippen molar-refractivity contribution >= 4 is 12.0 Å². The van der Waals surface area contributed by atoms with Gasteiger partial charge in [0, 0.05) is 25.6 Å². The van der Waals surface area contributed by atoms with Crippen molar-refractivity contribution in [3.8, 4) is 0 Å². The number of urea groups is 1. The third-order valence-corrected chi connectivity index (χ3v) is 3.12. The van der Waals surface area contributed by atoms with Gasteiger partial charge >= 0.3 is 12.0 Å². The number of carboxylic acids is 1. The molecule has 1 saturated heterocycles. The van der Waals surface area contributed by atoms with Gasteiger partial charge in [-0.05, 0) is 19.3 Å². The Labute approximate surface area is 101 Å². The summed E-state index contributed by atoms with van der Waals surface area (Å²) < 4.78 is 0. The first kappa shape index (κ1) is 13.8. The van der Waals surface area contributed by atoms with Crippen LogP contribution in [0.2, 0.25) is 0 Å². The van der Waals surface area contributed by atoms with Crippen LogP contribution in [0.25, 0.3) is 0 Å². The summed E-state index contributed by atoms with van der Waals surface area (Å²) in [5.41, 5.74) is 0. The maximum Gasteiger partial charge on any atom is 0.326 e. The predicted octanol–water partition coefficient (Wildman–Crippen LogP) is 0.406. The Kier molecular flexibility index (Phi) is 5.21. The van der Waals surface area contributed by atoms with Gasteiger partial charge in [-0.1, -0.05) is 6.92 Å². The standard InChI is InChI=1S/C11H20N2O4/c1-2-8-4-3-6-13(8)11(17)12-9(5-7-14)10(15)16/h8-9,14H,2-7H2,1H3,(H,12,17)(H,15,16)/t8?,9-/m1/s1. The molecule has 1 rings (SSSR count). The van der Waals surface area contributed by atoms with E-state index < -0.39 is 12.0 Å². The molecule has 0 saturated carbocycles. The topological polar surface area (TPSA) is 89.9 Å². The van der Waals surface area contributed by atoms with E-state index in [2.05, 4.69) is 5.32 Å². The van der Waals surface area contributed by atoms with E-state index >= 15 is 0 Å². The number of amides is 2. The van der Waals surface area contributed by atoms with E-state index in [4.69, 9.17) is 10.2 Å². The number of aliphatic hydroxyl groups excluding tert-OH is 1. The molecule has 0 aliphatic carbocycles. The van der Waals surface area contributed by atoms with Crippen molar-refractivity contribution in [2.24, 2.45) is 0 Å². The van der Waals surface area contributed by atoms with Crippen LogP contribution in [0.1, 0.15) is 32.6 Å². The van der Waals surface area contributed by atoms with E-state index in [1.54, 1.807) is 4.90 Å². The fourth-order valence-electron chi connectivity index (χ4n) is 2.15. The first-order chi connectivity index (χ1) is 8.10. The van der Waals surface area contributed by atoms with E-state index in [1.807, 2.05) is 6.92 Å². The van der Waals surface area contributed by atoms with Crippen LogP contribution in [-0.2, 0) is 4.79 Å². The zero-order valence-electron chi connectivity index (χ0n) is 10.1. The molecular weight excluding hydrogens is 224 g/mol. The lowest BCUT2D eigenvalue weighted by Gasteiger charge is -2.25. The number of hydrogen-bond donors (Lipinski definition) is 3. The fraction of sp³-hybridized carbons (Fsp3) is 0.818. The van der Waals surface area contributed by atoms with Crippen molar-refractivity contribution in [1.82, 2.24) is 10.2 Å². The van der Waals surface area contributed by atoms with Gasteiger partial charge in [0.15, 0.2) is 0 Å². The average Bonchev–Trinajstić information content (AvgIpc) is 2.76. The number of aliphatic carboxylic acids is 1. The lowest BCUT2D eigenvalue weighted by atomic mass is 10.2. The Balaban J connectivity index is 2.54. The summed E-state index contributed by atoms with van der Waals surface area (Å²) in [5.74, 6) is -1.11. The minimum absolute atomic E-state index is 0.0334. The molecule has 0 aromatic heterocycles. The number of rotatable bonds is 5. The summed E-state index contributed by atoms with van der Waals surface area (Å²) in [6, 6.07) is -1.14. The highest BCUT2D eigenvalue weighted by Gasteiger charge is 2.29. The molecule has 6 heteroatoms. The second-order valence-electron chi connectivity index (χ2n) is 4.25. The van der Waals surface area contributed by atoms with Gasteiger partial charge in [0.1, 0.15) is 6.04 Å². The maximum absolute atomic E-state index is 11.9. The molecule has 0 bridgehead atoms. The highest BCUT2D eigenvalue weighted by molar-refractivity contribution is 5.82. The van der Waals surface area contributed by atoms with Crippen LogP contribution in [0, 0.1) is 0 Å². The number of carbonyl (C=O) groups is 2. The Morgan fingerprint density at radius 1 is 1.53 bits per heavy atom. The molecule has 1 aliphatic rings. The van der Waals surface area contributed by atoms with Gasteiger partial charge in [-0.25, -0.2) is 9.59 Å². The SMILES string of the molecule is CCC1CCCN1C(=O)N[C@H](CCO)C(=O)O. The van der Waals surface area contributed by atoms with E-state index in [0.29, 0.717) is 6.54 Å². The van der Waals surface area contributed by atoms with Crippen molar-refractivity contribution in [2.75, 3.05) is 13.2 Å². The molecule has 1 fully saturated rings. The van der Waals surface area contributed by atoms with Gasteiger partial charge in [-0.2, -0.15) is 0 Å². The summed E-state index contributed by atoms with van der Waals surface area (Å²) in [6.45, 7) is 2.43. The van der Waals surface area contributed by atoms with Gasteiger partial charge in [0.05, 0.1) is 0 Å². The van der Waals surface area contributed by atoms with Crippen molar-refractivity contribution in [1.29, 1.82) is 0 Å². The van der Waals surface area contributed by atoms with E-state index in [-0.39, 0.29) is 25.1 Å². The van der Waals surface area contributed by atoms with Crippen molar-refractivity contribution in [3.63, 3.8) is 0 Å². The van der Waals surface area contributed by atoms with Gasteiger partial charge in [-0.15, -0.1) is 0 Å². The van der Waals surface area contributed by atoms with Gasteiger partial charge in [-0.3, -0.25) is 0 Å². The Bertz CT molecular complexity index is 283. The third-order valence-electron chi connectivity index (χ3n) is 3.12. The van der Waals surface area contributed by atoms with Gasteiger partial charge < -0.3 is 20.4 Å². The molecule has 1 heterocycles. The number of carboxylic acid groups (broad SMARTS) is 1. The van der Waals surface area contributed by atoms with Crippen LogP contribution < -0.4 is 5.32 Å². The number of likely N-dealkylation sites (tertiary alicyclic amines) is 1. The Hall–Kier alpha value is -1.30. The molecule has 17 heavy (non-hydrogen) atoms. The molecule has 0 spiro atoms. The molecule has 1 aliphatic heterocycles. The monoisotopic (exact) mass is 244 g/mol. The van der Waals surface area contributed by atoms with Crippen LogP contribution in [0.5, 0.6) is 0 Å². The third kappa shape index (κ3) is 3.59. The molecule has 0 aromatic rings. The summed E-state index contributed by atoms with van der Waals surface area (Å²) in [7, 11) is 0. The van der Waals surface area contributed by atoms with E-state index in [1.165, 1.54) is 0 Å². The average molecular weight is 244 g/mol. The maximum atomic E-state index is 11.9. The molecule has 1 unspecified atom stereocenters. The smallest absolute Gasteiger partial charge is 0.326 e. The highest BCUT2D eigenvalue weighted by atomic mass is 16.4. The minimum atomic E-state index is -1.11. The van der Waals surface area contributed by atoms with E-state index in [9.17, 15) is 9.59 Å². The van der Waals surface area contributed by atoms with Crippen LogP contribution >= 0.6 is 0 Å². The fourth-order valence-corrected chi connectivity index (χ4v) is 2.15. The first-order valence-electron chi connectivity index (χ1n) is 6.01. The Morgan fingerprint density at radius 2 is 2.24 bits per heavy atom. The summed E-state index contributed by atoms with van der Waals surface area (Å²) in [5, 5.41) is 20.1. The normalized spacial score (nSPS) is 21.3. The molecular formula is C11H20N2O4. The van der Waals surface area contributed by atoms with Crippen molar-refractivity contribution in [3.05, 3.63) is 0 Å². The first-order valence-corrected chi connectivity index (χ1v) is 6.01. The molecule has 0 radical (unpaired) electrons. The number of nitrogens with one attached hydrogen (secondary N) is 1. The van der Waals surface area contributed by atoms with Gasteiger partial charge in [0.25, 0.3) is 0 Å². The zero-order valence-corrected chi connectivity index (χ0v) is 10.1. The lowest BCUT2D eigenvalue weighted by Crippen LogP contribution is -2.49. The summed E-state index contributed by atoms with van der Waals surface area (Å²) >= 11 is 0. The van der Waals surface area contributed by atoms with Crippen LogP contribution in [0.4, 0.5) is 4.79 Å². The van der Waals surface area contributed by atoms with E-state index in [0.717, 1.165) is 19.3 Å². The Morgan fingerprint density at radius 3 is 2.76 bits per heavy atom. The molecule has 6 nitrogen and oxygen atoms in total. The second kappa shape index (κ2) is 6.44. The zero-order chi connectivity index (χ0) is 12.8. The highest BCUT2D eigenvalue weighted by Crippen LogP contribution is 2.19. The van der Waals surface area contributed by atoms with Crippen LogP contribution in [-0.4, -0.2) is 52.3 Å². The van der Waals surface area contributed by atoms with Crippen LogP contribution in [0.15, 0.2) is 0 Å². The largest absolute Gasteiger partial charge is 0.480 e. The molecule has 2 atom stereocenters. The molecule has 2 amide bonds. The number of hydrogen-bond acceptors (Lipinski definition) is 3. The number of nitrogens with zero attached hydrogens (tertiary/aromatic N) is 1. The lowest BCUT2D eigenvalue weighted by molar-refractivity contribution is -0.139. The second-order valence-corrected chi connectivity index (χ2v) is 4.25. The van der Waals surface area contributed by atoms with Crippen LogP contribution in [0.3, 0.4) is 0 Å². The van der Waals surface area contributed by atoms with Crippen molar-refractivity contribution in [2.45, 2.75) is 44.7 Å². The molecule has 0 aromatic carbocycles. The minimum Gasteiger partial charge on any atom is -0.480 e. The predicted molar refractivity (Wildman–Crippen MR) is 61.7 cm³/mol. The summed E-state index contributed by atoms with van der Waals surface area (Å²) in [6.07, 6.45) is 2.85. The number of carbonyl (C=O) groups excluding carboxylic acids is 1. The number of aliphatic hydroxyl groups is 1.